The first-order valence-corrected chi connectivity index (χ1v) is 11.6. The van der Waals surface area contributed by atoms with Crippen molar-refractivity contribution in [1.29, 1.82) is 0 Å². The van der Waals surface area contributed by atoms with Gasteiger partial charge in [0.05, 0.1) is 11.8 Å². The molecule has 1 N–H and O–H groups in total. The van der Waals surface area contributed by atoms with Crippen molar-refractivity contribution < 1.29 is 13.2 Å². The van der Waals surface area contributed by atoms with Gasteiger partial charge in [0.1, 0.15) is 17.0 Å². The highest BCUT2D eigenvalue weighted by Gasteiger charge is 2.38. The van der Waals surface area contributed by atoms with Gasteiger partial charge < -0.3 is 10.2 Å². The van der Waals surface area contributed by atoms with E-state index in [1.165, 1.54) is 18.3 Å². The first-order chi connectivity index (χ1) is 15.0. The van der Waals surface area contributed by atoms with Crippen LogP contribution in [-0.2, 0) is 6.42 Å². The summed E-state index contributed by atoms with van der Waals surface area (Å²) in [5, 5.41) is 4.48. The third-order valence-electron chi connectivity index (χ3n) is 6.34. The molecular weight excluding hydrogens is 421 g/mol. The maximum Gasteiger partial charge on any atom is 0.393 e. The zero-order chi connectivity index (χ0) is 21.4. The van der Waals surface area contributed by atoms with Crippen LogP contribution in [0.3, 0.4) is 0 Å². The summed E-state index contributed by atoms with van der Waals surface area (Å²) in [6, 6.07) is 12.9. The van der Waals surface area contributed by atoms with Gasteiger partial charge in [0.25, 0.3) is 0 Å². The number of hydrogen-bond acceptors (Lipinski definition) is 5. The van der Waals surface area contributed by atoms with E-state index in [0.29, 0.717) is 27.6 Å². The molecule has 8 heteroatoms. The zero-order valence-electron chi connectivity index (χ0n) is 17.1. The van der Waals surface area contributed by atoms with Gasteiger partial charge >= 0.3 is 6.18 Å². The number of nitrogens with one attached hydrogen (secondary N) is 1. The van der Waals surface area contributed by atoms with Crippen LogP contribution in [0.4, 0.5) is 19.0 Å². The highest BCUT2D eigenvalue weighted by molar-refractivity contribution is 7.18. The molecule has 2 aromatic heterocycles. The number of rotatable bonds is 6. The molecule has 31 heavy (non-hydrogen) atoms. The maximum atomic E-state index is 12.8. The molecule has 1 saturated carbocycles. The number of benzene rings is 1. The van der Waals surface area contributed by atoms with E-state index in [2.05, 4.69) is 50.5 Å². The van der Waals surface area contributed by atoms with Gasteiger partial charge in [0, 0.05) is 29.9 Å². The molecule has 0 radical (unpaired) electrons. The molecule has 1 aliphatic heterocycles. The molecule has 5 rings (SSSR count). The summed E-state index contributed by atoms with van der Waals surface area (Å²) in [7, 11) is 0. The molecule has 1 aromatic carbocycles. The smallest absolute Gasteiger partial charge is 0.356 e. The molecule has 0 spiro atoms. The Morgan fingerprint density at radius 3 is 2.61 bits per heavy atom. The fraction of sp³-hybridized carbons (Fsp3) is 0.478. The van der Waals surface area contributed by atoms with Crippen LogP contribution in [0, 0.1) is 5.92 Å². The van der Waals surface area contributed by atoms with E-state index in [4.69, 9.17) is 0 Å². The van der Waals surface area contributed by atoms with Gasteiger partial charge in [-0.2, -0.15) is 13.2 Å². The zero-order valence-corrected chi connectivity index (χ0v) is 17.9. The second-order valence-corrected chi connectivity index (χ2v) is 9.73. The molecule has 1 aliphatic carbocycles. The first kappa shape index (κ1) is 20.7. The van der Waals surface area contributed by atoms with Crippen molar-refractivity contribution in [3.63, 3.8) is 0 Å². The van der Waals surface area contributed by atoms with E-state index < -0.39 is 12.6 Å². The summed E-state index contributed by atoms with van der Waals surface area (Å²) in [6.45, 7) is 2.76. The predicted molar refractivity (Wildman–Crippen MR) is 118 cm³/mol. The lowest BCUT2D eigenvalue weighted by Crippen LogP contribution is -2.38. The van der Waals surface area contributed by atoms with Crippen LogP contribution in [0.25, 0.3) is 10.2 Å². The normalized spacial score (nSPS) is 22.2. The Labute approximate surface area is 183 Å². The largest absolute Gasteiger partial charge is 0.393 e. The second-order valence-electron chi connectivity index (χ2n) is 8.62. The summed E-state index contributed by atoms with van der Waals surface area (Å²) >= 11 is 1.11. The number of aromatic nitrogens is 2. The standard InChI is InChI=1S/C23H25F3N4S/c24-23(25,26)12-17-10-19-21(28-14-29-22(19)31-17)30-8-6-15(7-9-30)13-27-20-11-18(20)16-4-2-1-3-5-16/h1-5,10,14-15,18,20,27H,6-9,11-13H2/t18-,20+/m0/s1. The van der Waals surface area contributed by atoms with Crippen molar-refractivity contribution in [3.05, 3.63) is 53.2 Å². The van der Waals surface area contributed by atoms with E-state index in [-0.39, 0.29) is 0 Å². The number of thiophene rings is 1. The lowest BCUT2D eigenvalue weighted by Gasteiger charge is -2.33. The van der Waals surface area contributed by atoms with Gasteiger partial charge in [0.15, 0.2) is 0 Å². The van der Waals surface area contributed by atoms with E-state index in [1.807, 2.05) is 0 Å². The summed E-state index contributed by atoms with van der Waals surface area (Å²) in [5.74, 6) is 2.03. The average molecular weight is 447 g/mol. The highest BCUT2D eigenvalue weighted by atomic mass is 32.1. The third-order valence-corrected chi connectivity index (χ3v) is 7.38. The predicted octanol–water partition coefficient (Wildman–Crippen LogP) is 5.16. The van der Waals surface area contributed by atoms with Crippen molar-refractivity contribution in [3.8, 4) is 0 Å². The molecule has 0 amide bonds. The molecule has 4 nitrogen and oxygen atoms in total. The van der Waals surface area contributed by atoms with Crippen molar-refractivity contribution in [2.45, 2.75) is 43.8 Å². The Morgan fingerprint density at radius 1 is 1.10 bits per heavy atom. The fourth-order valence-electron chi connectivity index (χ4n) is 4.59. The van der Waals surface area contributed by atoms with Crippen LogP contribution in [0.15, 0.2) is 42.7 Å². The Balaban J connectivity index is 1.16. The third kappa shape index (κ3) is 4.85. The van der Waals surface area contributed by atoms with Gasteiger partial charge in [-0.3, -0.25) is 0 Å². The summed E-state index contributed by atoms with van der Waals surface area (Å²) < 4.78 is 38.3. The SMILES string of the molecule is FC(F)(F)Cc1cc2c(N3CCC(CN[C@@H]4C[C@H]4c4ccccc4)CC3)ncnc2s1. The minimum atomic E-state index is -4.21. The molecule has 0 bridgehead atoms. The minimum absolute atomic E-state index is 0.292. The van der Waals surface area contributed by atoms with Gasteiger partial charge in [0.2, 0.25) is 0 Å². The van der Waals surface area contributed by atoms with E-state index in [1.54, 1.807) is 6.07 Å². The lowest BCUT2D eigenvalue weighted by molar-refractivity contribution is -0.126. The molecule has 3 heterocycles. The average Bonchev–Trinajstić information content (AvgIpc) is 3.42. The maximum absolute atomic E-state index is 12.8. The quantitative estimate of drug-likeness (QED) is 0.568. The number of fused-ring (bicyclic) bond motifs is 1. The van der Waals surface area contributed by atoms with Gasteiger partial charge in [-0.25, -0.2) is 9.97 Å². The number of piperidine rings is 1. The van der Waals surface area contributed by atoms with Gasteiger partial charge in [-0.1, -0.05) is 30.3 Å². The number of alkyl halides is 3. The number of anilines is 1. The van der Waals surface area contributed by atoms with E-state index >= 15 is 0 Å². The number of halogens is 3. The Hall–Kier alpha value is -2.19. The molecule has 2 fully saturated rings. The van der Waals surface area contributed by atoms with Crippen LogP contribution < -0.4 is 10.2 Å². The first-order valence-electron chi connectivity index (χ1n) is 10.8. The van der Waals surface area contributed by atoms with Crippen molar-refractivity contribution in [2.75, 3.05) is 24.5 Å². The molecule has 2 aliphatic rings. The Bertz CT molecular complexity index is 1030. The van der Waals surface area contributed by atoms with Crippen molar-refractivity contribution >= 4 is 27.4 Å². The van der Waals surface area contributed by atoms with Gasteiger partial charge in [-0.15, -0.1) is 11.3 Å². The van der Waals surface area contributed by atoms with E-state index in [0.717, 1.165) is 55.0 Å². The van der Waals surface area contributed by atoms with Crippen LogP contribution >= 0.6 is 11.3 Å². The Kier molecular flexibility index (Phi) is 5.60. The summed E-state index contributed by atoms with van der Waals surface area (Å²) in [4.78, 5) is 11.7. The fourth-order valence-corrected chi connectivity index (χ4v) is 5.61. The molecular formula is C23H25F3N4S. The minimum Gasteiger partial charge on any atom is -0.356 e. The molecule has 0 unspecified atom stereocenters. The highest BCUT2D eigenvalue weighted by Crippen LogP contribution is 2.41. The van der Waals surface area contributed by atoms with Crippen LogP contribution in [-0.4, -0.2) is 41.8 Å². The van der Waals surface area contributed by atoms with Crippen LogP contribution in [0.1, 0.15) is 35.6 Å². The topological polar surface area (TPSA) is 41.0 Å². The molecule has 2 atom stereocenters. The second kappa shape index (κ2) is 8.39. The monoisotopic (exact) mass is 446 g/mol. The van der Waals surface area contributed by atoms with Crippen molar-refractivity contribution in [2.24, 2.45) is 5.92 Å². The van der Waals surface area contributed by atoms with Crippen molar-refractivity contribution in [1.82, 2.24) is 15.3 Å². The van der Waals surface area contributed by atoms with Crippen LogP contribution in [0.2, 0.25) is 0 Å². The Morgan fingerprint density at radius 2 is 1.87 bits per heavy atom. The molecule has 3 aromatic rings. The number of hydrogen-bond donors (Lipinski definition) is 1. The van der Waals surface area contributed by atoms with Gasteiger partial charge in [-0.05, 0) is 43.4 Å². The molecule has 1 saturated heterocycles. The number of nitrogens with zero attached hydrogens (tertiary/aromatic N) is 3. The summed E-state index contributed by atoms with van der Waals surface area (Å²) in [5.41, 5.74) is 1.42. The van der Waals surface area contributed by atoms with E-state index in [9.17, 15) is 13.2 Å². The molecule has 164 valence electrons. The van der Waals surface area contributed by atoms with Crippen LogP contribution in [0.5, 0.6) is 0 Å². The summed E-state index contributed by atoms with van der Waals surface area (Å²) in [6.07, 6.45) is -0.328. The lowest BCUT2D eigenvalue weighted by atomic mass is 9.96.